The number of aromatic nitrogens is 2. The summed E-state index contributed by atoms with van der Waals surface area (Å²) in [7, 11) is -3.51. The van der Waals surface area contributed by atoms with Gasteiger partial charge in [-0.05, 0) is 29.6 Å². The molecule has 3 aromatic rings. The fourth-order valence-electron chi connectivity index (χ4n) is 3.13. The number of nitrogens with zero attached hydrogens (tertiary/aromatic N) is 4. The molecule has 0 spiro atoms. The summed E-state index contributed by atoms with van der Waals surface area (Å²) in [4.78, 5) is 14.4. The summed E-state index contributed by atoms with van der Waals surface area (Å²) < 4.78 is 34.0. The molecule has 0 bridgehead atoms. The van der Waals surface area contributed by atoms with E-state index in [4.69, 9.17) is 27.9 Å². The van der Waals surface area contributed by atoms with Crippen LogP contribution in [-0.4, -0.2) is 59.5 Å². The first-order chi connectivity index (χ1) is 14.9. The van der Waals surface area contributed by atoms with Crippen molar-refractivity contribution in [2.45, 2.75) is 10.9 Å². The number of hydrogen-bond acceptors (Lipinski definition) is 6. The number of thiophene rings is 1. The molecular formula is C19H18Cl2N4O4S2. The zero-order valence-electron chi connectivity index (χ0n) is 16.1. The van der Waals surface area contributed by atoms with Crippen LogP contribution in [-0.2, 0) is 16.8 Å². The Hall–Kier alpha value is -2.11. The number of piperazine rings is 1. The number of rotatable bonds is 6. The Morgan fingerprint density at radius 2 is 1.77 bits per heavy atom. The highest BCUT2D eigenvalue weighted by atomic mass is 35.5. The Bertz CT molecular complexity index is 1150. The van der Waals surface area contributed by atoms with E-state index in [1.807, 2.05) is 0 Å². The zero-order valence-corrected chi connectivity index (χ0v) is 19.3. The van der Waals surface area contributed by atoms with Crippen LogP contribution in [0.1, 0.15) is 10.5 Å². The maximum Gasteiger partial charge on any atom is 0.274 e. The molecule has 1 aliphatic rings. The zero-order chi connectivity index (χ0) is 22.0. The Morgan fingerprint density at radius 1 is 1.06 bits per heavy atom. The van der Waals surface area contributed by atoms with E-state index in [0.717, 1.165) is 0 Å². The number of carbonyl (C=O) groups excluding carboxylic acids is 1. The van der Waals surface area contributed by atoms with Crippen LogP contribution >= 0.6 is 34.5 Å². The lowest BCUT2D eigenvalue weighted by atomic mass is 10.3. The molecule has 0 N–H and O–H groups in total. The van der Waals surface area contributed by atoms with Crippen LogP contribution in [0.25, 0.3) is 0 Å². The molecule has 164 valence electrons. The van der Waals surface area contributed by atoms with E-state index in [1.54, 1.807) is 52.9 Å². The average molecular weight is 501 g/mol. The summed E-state index contributed by atoms with van der Waals surface area (Å²) in [5.74, 6) is 0.0833. The highest BCUT2D eigenvalue weighted by Crippen LogP contribution is 2.32. The van der Waals surface area contributed by atoms with Crippen molar-refractivity contribution in [2.75, 3.05) is 26.2 Å². The van der Waals surface area contributed by atoms with E-state index < -0.39 is 10.0 Å². The highest BCUT2D eigenvalue weighted by molar-refractivity contribution is 7.91. The summed E-state index contributed by atoms with van der Waals surface area (Å²) in [6.45, 7) is 1.09. The highest BCUT2D eigenvalue weighted by Gasteiger charge is 2.31. The summed E-state index contributed by atoms with van der Waals surface area (Å²) in [5.41, 5.74) is 0.253. The van der Waals surface area contributed by atoms with Gasteiger partial charge < -0.3 is 9.64 Å². The number of benzene rings is 1. The molecule has 4 rings (SSSR count). The molecule has 0 aliphatic carbocycles. The second-order valence-corrected chi connectivity index (χ2v) is 10.6. The molecule has 1 saturated heterocycles. The summed E-state index contributed by atoms with van der Waals surface area (Å²) in [5, 5.41) is 6.74. The van der Waals surface area contributed by atoms with Gasteiger partial charge in [-0.15, -0.1) is 11.3 Å². The van der Waals surface area contributed by atoms with Gasteiger partial charge in [0.2, 0.25) is 0 Å². The van der Waals surface area contributed by atoms with Crippen molar-refractivity contribution in [1.82, 2.24) is 19.0 Å². The normalized spacial score (nSPS) is 15.2. The number of sulfonamides is 1. The second kappa shape index (κ2) is 9.17. The van der Waals surface area contributed by atoms with Gasteiger partial charge in [0.15, 0.2) is 18.2 Å². The number of carbonyl (C=O) groups is 1. The van der Waals surface area contributed by atoms with Crippen LogP contribution < -0.4 is 4.74 Å². The molecule has 0 unspecified atom stereocenters. The average Bonchev–Trinajstić information content (AvgIpc) is 3.46. The van der Waals surface area contributed by atoms with Crippen molar-refractivity contribution in [3.63, 3.8) is 0 Å². The third-order valence-corrected chi connectivity index (χ3v) is 8.60. The molecule has 0 saturated carbocycles. The molecule has 0 radical (unpaired) electrons. The van der Waals surface area contributed by atoms with Crippen LogP contribution in [0, 0.1) is 0 Å². The standard InChI is InChI=1S/C19H18Cl2N4O4S2/c20-14-3-1-4-15(21)18(14)29-13-24-7-6-16(22-24)19(26)23-8-10-25(11-9-23)31(27,28)17-5-2-12-30-17/h1-7,12H,8-11,13H2. The summed E-state index contributed by atoms with van der Waals surface area (Å²) >= 11 is 13.4. The number of ether oxygens (including phenoxy) is 1. The topological polar surface area (TPSA) is 84.7 Å². The van der Waals surface area contributed by atoms with Gasteiger partial charge >= 0.3 is 0 Å². The van der Waals surface area contributed by atoms with Gasteiger partial charge in [-0.1, -0.05) is 35.3 Å². The van der Waals surface area contributed by atoms with E-state index in [9.17, 15) is 13.2 Å². The molecule has 1 aromatic carbocycles. The fourth-order valence-corrected chi connectivity index (χ4v) is 6.20. The van der Waals surface area contributed by atoms with Gasteiger partial charge in [0, 0.05) is 32.4 Å². The summed E-state index contributed by atoms with van der Waals surface area (Å²) in [6, 6.07) is 9.93. The van der Waals surface area contributed by atoms with Crippen molar-refractivity contribution >= 4 is 50.5 Å². The Labute approximate surface area is 193 Å². The molecule has 1 aliphatic heterocycles. The monoisotopic (exact) mass is 500 g/mol. The first-order valence-corrected chi connectivity index (χ1v) is 12.4. The van der Waals surface area contributed by atoms with Gasteiger partial charge in [-0.2, -0.15) is 9.40 Å². The van der Waals surface area contributed by atoms with Crippen molar-refractivity contribution in [3.05, 3.63) is 63.7 Å². The van der Waals surface area contributed by atoms with Gasteiger partial charge in [-0.3, -0.25) is 4.79 Å². The first-order valence-electron chi connectivity index (χ1n) is 9.29. The second-order valence-electron chi connectivity index (χ2n) is 6.69. The minimum atomic E-state index is -3.51. The van der Waals surface area contributed by atoms with Crippen molar-refractivity contribution in [2.24, 2.45) is 0 Å². The SMILES string of the molecule is O=C(c1ccn(COc2c(Cl)cccc2Cl)n1)N1CCN(S(=O)(=O)c2cccs2)CC1. The number of amides is 1. The molecular weight excluding hydrogens is 483 g/mol. The minimum Gasteiger partial charge on any atom is -0.468 e. The number of halogens is 2. The van der Waals surface area contributed by atoms with Crippen molar-refractivity contribution < 1.29 is 17.9 Å². The predicted octanol–water partition coefficient (Wildman–Crippen LogP) is 3.43. The predicted molar refractivity (Wildman–Crippen MR) is 118 cm³/mol. The molecule has 1 fully saturated rings. The molecule has 3 heterocycles. The maximum atomic E-state index is 12.8. The molecule has 0 atom stereocenters. The van der Waals surface area contributed by atoms with E-state index >= 15 is 0 Å². The van der Waals surface area contributed by atoms with Gasteiger partial charge in [0.1, 0.15) is 4.21 Å². The van der Waals surface area contributed by atoms with E-state index in [0.29, 0.717) is 33.1 Å². The molecule has 31 heavy (non-hydrogen) atoms. The van der Waals surface area contributed by atoms with Crippen molar-refractivity contribution in [1.29, 1.82) is 0 Å². The Kier molecular flexibility index (Phi) is 6.54. The lowest BCUT2D eigenvalue weighted by Crippen LogP contribution is -2.50. The maximum absolute atomic E-state index is 12.8. The van der Waals surface area contributed by atoms with Gasteiger partial charge in [-0.25, -0.2) is 13.1 Å². The largest absolute Gasteiger partial charge is 0.468 e. The van der Waals surface area contributed by atoms with Crippen LogP contribution in [0.4, 0.5) is 0 Å². The first kappa shape index (κ1) is 22.1. The third kappa shape index (κ3) is 4.73. The van der Waals surface area contributed by atoms with E-state index in [-0.39, 0.29) is 31.4 Å². The van der Waals surface area contributed by atoms with Crippen LogP contribution in [0.5, 0.6) is 5.75 Å². The van der Waals surface area contributed by atoms with Crippen LogP contribution in [0.15, 0.2) is 52.2 Å². The third-order valence-electron chi connectivity index (χ3n) is 4.73. The van der Waals surface area contributed by atoms with Gasteiger partial charge in [0.25, 0.3) is 15.9 Å². The molecule has 1 amide bonds. The summed E-state index contributed by atoms with van der Waals surface area (Å²) in [6.07, 6.45) is 1.62. The Morgan fingerprint density at radius 3 is 2.42 bits per heavy atom. The smallest absolute Gasteiger partial charge is 0.274 e. The molecule has 8 nitrogen and oxygen atoms in total. The van der Waals surface area contributed by atoms with E-state index in [2.05, 4.69) is 5.10 Å². The minimum absolute atomic E-state index is 0.0313. The molecule has 2 aromatic heterocycles. The van der Waals surface area contributed by atoms with Gasteiger partial charge in [0.05, 0.1) is 10.0 Å². The Balaban J connectivity index is 1.35. The van der Waals surface area contributed by atoms with Crippen LogP contribution in [0.2, 0.25) is 10.0 Å². The lowest BCUT2D eigenvalue weighted by molar-refractivity contribution is 0.0690. The number of hydrogen-bond donors (Lipinski definition) is 0. The lowest BCUT2D eigenvalue weighted by Gasteiger charge is -2.33. The number of para-hydroxylation sites is 1. The molecule has 12 heteroatoms. The van der Waals surface area contributed by atoms with Crippen molar-refractivity contribution in [3.8, 4) is 5.75 Å². The van der Waals surface area contributed by atoms with Crippen LogP contribution in [0.3, 0.4) is 0 Å². The van der Waals surface area contributed by atoms with E-state index in [1.165, 1.54) is 20.3 Å². The fraction of sp³-hybridized carbons (Fsp3) is 0.263. The quantitative estimate of drug-likeness (QED) is 0.517.